The first-order valence-electron chi connectivity index (χ1n) is 7.85. The summed E-state index contributed by atoms with van der Waals surface area (Å²) in [6.07, 6.45) is 0. The molecule has 0 aliphatic carbocycles. The molecular formula is C18H15Cl3N4O. The van der Waals surface area contributed by atoms with Crippen molar-refractivity contribution in [2.24, 2.45) is 0 Å². The molecule has 1 atom stereocenters. The zero-order valence-electron chi connectivity index (χ0n) is 13.8. The highest BCUT2D eigenvalue weighted by Crippen LogP contribution is 2.38. The van der Waals surface area contributed by atoms with E-state index in [1.165, 1.54) is 5.01 Å². The van der Waals surface area contributed by atoms with Gasteiger partial charge in [0.25, 0.3) is 0 Å². The smallest absolute Gasteiger partial charge is 0.325 e. The molecule has 26 heavy (non-hydrogen) atoms. The Balaban J connectivity index is 2.00. The van der Waals surface area contributed by atoms with Gasteiger partial charge in [0, 0.05) is 40.8 Å². The number of carbonyl (C=O) groups is 1. The van der Waals surface area contributed by atoms with Gasteiger partial charge in [-0.25, -0.2) is 15.2 Å². The number of amides is 2. The van der Waals surface area contributed by atoms with E-state index in [9.17, 15) is 10.1 Å². The average molecular weight is 410 g/mol. The molecule has 1 aliphatic heterocycles. The molecule has 5 nitrogen and oxygen atoms in total. The molecule has 1 unspecified atom stereocenters. The van der Waals surface area contributed by atoms with Crippen molar-refractivity contribution in [2.75, 3.05) is 25.1 Å². The molecule has 2 aromatic rings. The lowest BCUT2D eigenvalue weighted by molar-refractivity contribution is 0.202. The summed E-state index contributed by atoms with van der Waals surface area (Å²) in [5.41, 5.74) is 4.77. The van der Waals surface area contributed by atoms with Crippen molar-refractivity contribution in [3.63, 3.8) is 0 Å². The number of nitrogens with one attached hydrogen (secondary N) is 1. The van der Waals surface area contributed by atoms with Gasteiger partial charge in [0.15, 0.2) is 0 Å². The number of carbonyl (C=O) groups excluding carboxylic acids is 1. The maximum atomic E-state index is 12.3. The van der Waals surface area contributed by atoms with Gasteiger partial charge >= 0.3 is 6.03 Å². The van der Waals surface area contributed by atoms with Crippen molar-refractivity contribution in [1.82, 2.24) is 10.3 Å². The van der Waals surface area contributed by atoms with Crippen LogP contribution >= 0.6 is 34.8 Å². The van der Waals surface area contributed by atoms with Gasteiger partial charge in [-0.05, 0) is 29.8 Å². The number of hydrazine groups is 1. The van der Waals surface area contributed by atoms with Crippen LogP contribution in [-0.2, 0) is 0 Å². The van der Waals surface area contributed by atoms with E-state index in [1.807, 2.05) is 0 Å². The van der Waals surface area contributed by atoms with Crippen LogP contribution in [0.1, 0.15) is 17.0 Å². The minimum absolute atomic E-state index is 0.203. The van der Waals surface area contributed by atoms with Crippen LogP contribution in [0.3, 0.4) is 0 Å². The maximum Gasteiger partial charge on any atom is 0.338 e. The molecule has 0 bridgehead atoms. The summed E-state index contributed by atoms with van der Waals surface area (Å²) in [6.45, 7) is 1.23. The number of anilines is 1. The fraction of sp³-hybridized carbons (Fsp3) is 0.222. The van der Waals surface area contributed by atoms with Crippen molar-refractivity contribution in [2.45, 2.75) is 5.92 Å². The summed E-state index contributed by atoms with van der Waals surface area (Å²) >= 11 is 18.8. The second-order valence-electron chi connectivity index (χ2n) is 5.88. The Morgan fingerprint density at radius 1 is 1.15 bits per heavy atom. The Kier molecular flexibility index (Phi) is 5.59. The Labute approximate surface area is 166 Å². The highest BCUT2D eigenvalue weighted by molar-refractivity contribution is 6.36. The summed E-state index contributed by atoms with van der Waals surface area (Å²) in [5, 5.41) is 12.3. The largest absolute Gasteiger partial charge is 0.338 e. The van der Waals surface area contributed by atoms with E-state index in [2.05, 4.69) is 11.5 Å². The SMILES string of the molecule is CN1CCNN(c2cc(Cl)c(C(C#N)c3ccc(Cl)cc3)c(Cl)c2)C1=O. The van der Waals surface area contributed by atoms with E-state index in [0.717, 1.165) is 5.56 Å². The quantitative estimate of drug-likeness (QED) is 0.801. The van der Waals surface area contributed by atoms with Crippen molar-refractivity contribution in [3.05, 3.63) is 62.6 Å². The first-order valence-corrected chi connectivity index (χ1v) is 8.98. The molecule has 0 aromatic heterocycles. The monoisotopic (exact) mass is 408 g/mol. The molecule has 1 heterocycles. The number of hydrogen-bond donors (Lipinski definition) is 1. The lowest BCUT2D eigenvalue weighted by Crippen LogP contribution is -2.57. The van der Waals surface area contributed by atoms with Gasteiger partial charge in [0.2, 0.25) is 0 Å². The molecule has 0 spiro atoms. The topological polar surface area (TPSA) is 59.4 Å². The van der Waals surface area contributed by atoms with E-state index in [1.54, 1.807) is 48.3 Å². The van der Waals surface area contributed by atoms with E-state index in [4.69, 9.17) is 34.8 Å². The van der Waals surface area contributed by atoms with Crippen molar-refractivity contribution >= 4 is 46.5 Å². The molecule has 0 saturated carbocycles. The molecule has 2 aromatic carbocycles. The molecule has 1 fully saturated rings. The highest BCUT2D eigenvalue weighted by atomic mass is 35.5. The third kappa shape index (κ3) is 3.60. The van der Waals surface area contributed by atoms with Crippen LogP contribution in [0.15, 0.2) is 36.4 Å². The van der Waals surface area contributed by atoms with E-state index in [-0.39, 0.29) is 6.03 Å². The summed E-state index contributed by atoms with van der Waals surface area (Å²) in [4.78, 5) is 13.9. The van der Waals surface area contributed by atoms with E-state index < -0.39 is 5.92 Å². The summed E-state index contributed by atoms with van der Waals surface area (Å²) in [6, 6.07) is 12.2. The van der Waals surface area contributed by atoms with Gasteiger partial charge in [-0.2, -0.15) is 5.26 Å². The minimum Gasteiger partial charge on any atom is -0.325 e. The molecule has 0 radical (unpaired) electrons. The molecule has 2 amide bonds. The Bertz CT molecular complexity index is 856. The Morgan fingerprint density at radius 3 is 2.35 bits per heavy atom. The highest BCUT2D eigenvalue weighted by Gasteiger charge is 2.27. The Hall–Kier alpha value is -1.97. The first kappa shape index (κ1) is 18.8. The second kappa shape index (κ2) is 7.73. The van der Waals surface area contributed by atoms with Crippen LogP contribution in [0.25, 0.3) is 0 Å². The van der Waals surface area contributed by atoms with Crippen LogP contribution in [0, 0.1) is 11.3 Å². The number of urea groups is 1. The molecule has 1 saturated heterocycles. The van der Waals surface area contributed by atoms with Crippen LogP contribution in [0.4, 0.5) is 10.5 Å². The molecule has 8 heteroatoms. The van der Waals surface area contributed by atoms with Gasteiger partial charge in [-0.15, -0.1) is 0 Å². The predicted octanol–water partition coefficient (Wildman–Crippen LogP) is 4.68. The number of hydrogen-bond acceptors (Lipinski definition) is 3. The number of nitrogens with zero attached hydrogens (tertiary/aromatic N) is 3. The maximum absolute atomic E-state index is 12.3. The molecule has 3 rings (SSSR count). The number of likely N-dealkylation sites (N-methyl/N-ethyl adjacent to an activating group) is 1. The fourth-order valence-corrected chi connectivity index (χ4v) is 3.62. The number of halogens is 3. The molecular weight excluding hydrogens is 395 g/mol. The second-order valence-corrected chi connectivity index (χ2v) is 7.14. The molecule has 134 valence electrons. The first-order chi connectivity index (χ1) is 12.4. The normalized spacial score (nSPS) is 15.7. The summed E-state index contributed by atoms with van der Waals surface area (Å²) < 4.78 is 0. The van der Waals surface area contributed by atoms with E-state index >= 15 is 0 Å². The van der Waals surface area contributed by atoms with Crippen molar-refractivity contribution in [3.8, 4) is 6.07 Å². The van der Waals surface area contributed by atoms with E-state index in [0.29, 0.717) is 39.4 Å². The lowest BCUT2D eigenvalue weighted by Gasteiger charge is -2.34. The molecule has 1 aliphatic rings. The third-order valence-electron chi connectivity index (χ3n) is 4.18. The summed E-state index contributed by atoms with van der Waals surface area (Å²) in [7, 11) is 1.72. The zero-order valence-corrected chi connectivity index (χ0v) is 16.1. The standard InChI is InChI=1S/C18H15Cl3N4O/c1-24-7-6-23-25(18(24)26)13-8-15(20)17(16(21)9-13)14(10-22)11-2-4-12(19)5-3-11/h2-5,8-9,14,23H,6-7H2,1H3. The van der Waals surface area contributed by atoms with Crippen molar-refractivity contribution in [1.29, 1.82) is 5.26 Å². The van der Waals surface area contributed by atoms with Gasteiger partial charge in [0.1, 0.15) is 0 Å². The fourth-order valence-electron chi connectivity index (χ4n) is 2.80. The number of benzene rings is 2. The minimum atomic E-state index is -0.644. The zero-order chi connectivity index (χ0) is 18.8. The molecule has 1 N–H and O–H groups in total. The van der Waals surface area contributed by atoms with Crippen LogP contribution in [0.5, 0.6) is 0 Å². The lowest BCUT2D eigenvalue weighted by atomic mass is 9.92. The summed E-state index contributed by atoms with van der Waals surface area (Å²) in [5.74, 6) is -0.644. The van der Waals surface area contributed by atoms with Gasteiger partial charge in [-0.3, -0.25) is 0 Å². The van der Waals surface area contributed by atoms with Crippen molar-refractivity contribution < 1.29 is 4.79 Å². The van der Waals surface area contributed by atoms with Gasteiger partial charge in [-0.1, -0.05) is 46.9 Å². The third-order valence-corrected chi connectivity index (χ3v) is 5.06. The van der Waals surface area contributed by atoms with Crippen LogP contribution in [-0.4, -0.2) is 31.1 Å². The Morgan fingerprint density at radius 2 is 1.77 bits per heavy atom. The number of nitriles is 1. The average Bonchev–Trinajstić information content (AvgIpc) is 2.61. The number of rotatable bonds is 3. The predicted molar refractivity (Wildman–Crippen MR) is 104 cm³/mol. The van der Waals surface area contributed by atoms with Crippen LogP contribution in [0.2, 0.25) is 15.1 Å². The van der Waals surface area contributed by atoms with Crippen LogP contribution < -0.4 is 10.4 Å². The van der Waals surface area contributed by atoms with Gasteiger partial charge < -0.3 is 4.90 Å². The van der Waals surface area contributed by atoms with Gasteiger partial charge in [0.05, 0.1) is 17.7 Å².